The molecule has 0 aromatic heterocycles. The topological polar surface area (TPSA) is 55.5 Å². The summed E-state index contributed by atoms with van der Waals surface area (Å²) < 4.78 is 32.4. The Balaban J connectivity index is 1.36. The lowest BCUT2D eigenvalue weighted by molar-refractivity contribution is -1.02. The van der Waals surface area contributed by atoms with Gasteiger partial charge in [-0.15, -0.1) is 0 Å². The van der Waals surface area contributed by atoms with Crippen molar-refractivity contribution in [2.45, 2.75) is 6.54 Å². The summed E-state index contributed by atoms with van der Waals surface area (Å²) in [5, 5.41) is 0. The lowest BCUT2D eigenvalue weighted by Crippen LogP contribution is -3.28. The Hall–Kier alpha value is -2.84. The van der Waals surface area contributed by atoms with E-state index >= 15 is 0 Å². The fourth-order valence-corrected chi connectivity index (χ4v) is 4.05. The molecule has 1 amide bonds. The van der Waals surface area contributed by atoms with Gasteiger partial charge in [-0.25, -0.2) is 8.78 Å². The number of nitrogens with one attached hydrogen (secondary N) is 2. The van der Waals surface area contributed by atoms with Crippen LogP contribution in [0.3, 0.4) is 0 Å². The number of ether oxygens (including phenoxy) is 1. The van der Waals surface area contributed by atoms with Crippen LogP contribution in [0.4, 0.5) is 14.5 Å². The second-order valence-corrected chi connectivity index (χ2v) is 7.53. The maximum Gasteiger partial charge on any atom is 0.303 e. The number of fused-ring (bicyclic) bond motifs is 1. The van der Waals surface area contributed by atoms with E-state index in [9.17, 15) is 18.4 Å². The normalized spacial score (nSPS) is 21.4. The average Bonchev–Trinajstić information content (AvgIpc) is 2.94. The molecule has 6 nitrogen and oxygen atoms in total. The number of benzene rings is 2. The van der Waals surface area contributed by atoms with Crippen LogP contribution in [0.25, 0.3) is 0 Å². The van der Waals surface area contributed by atoms with Crippen LogP contribution in [-0.2, 0) is 11.3 Å². The summed E-state index contributed by atoms with van der Waals surface area (Å²) in [6.45, 7) is 4.37. The zero-order valence-corrected chi connectivity index (χ0v) is 16.1. The molecule has 0 bridgehead atoms. The van der Waals surface area contributed by atoms with Crippen LogP contribution in [0.1, 0.15) is 15.9 Å². The molecule has 2 aromatic carbocycles. The quantitative estimate of drug-likeness (QED) is 0.659. The molecule has 0 spiro atoms. The van der Waals surface area contributed by atoms with Crippen LogP contribution < -0.4 is 19.4 Å². The fourth-order valence-electron chi connectivity index (χ4n) is 4.05. The highest BCUT2D eigenvalue weighted by Crippen LogP contribution is 2.28. The Morgan fingerprint density at radius 2 is 1.72 bits per heavy atom. The van der Waals surface area contributed by atoms with E-state index < -0.39 is 17.5 Å². The second kappa shape index (κ2) is 7.88. The molecule has 8 heteroatoms. The third-order valence-electron chi connectivity index (χ3n) is 5.65. The van der Waals surface area contributed by atoms with Gasteiger partial charge in [0.05, 0.1) is 18.4 Å². The van der Waals surface area contributed by atoms with Crippen LogP contribution in [-0.4, -0.2) is 51.6 Å². The molecule has 0 atom stereocenters. The highest BCUT2D eigenvalue weighted by atomic mass is 19.1. The summed E-state index contributed by atoms with van der Waals surface area (Å²) in [7, 11) is 1.44. The van der Waals surface area contributed by atoms with Gasteiger partial charge >= 0.3 is 5.91 Å². The van der Waals surface area contributed by atoms with Crippen molar-refractivity contribution in [2.24, 2.45) is 0 Å². The molecule has 0 saturated carbocycles. The predicted octanol–water partition coefficient (Wildman–Crippen LogP) is -0.556. The second-order valence-electron chi connectivity index (χ2n) is 7.53. The van der Waals surface area contributed by atoms with Crippen molar-refractivity contribution in [1.82, 2.24) is 0 Å². The van der Waals surface area contributed by atoms with E-state index in [2.05, 4.69) is 0 Å². The molecule has 0 radical (unpaired) electrons. The number of methoxy groups -OCH3 is 1. The first-order valence-electron chi connectivity index (χ1n) is 9.61. The zero-order chi connectivity index (χ0) is 20.5. The van der Waals surface area contributed by atoms with Crippen molar-refractivity contribution in [3.63, 3.8) is 0 Å². The van der Waals surface area contributed by atoms with Crippen molar-refractivity contribution in [3.05, 3.63) is 59.2 Å². The predicted molar refractivity (Wildman–Crippen MR) is 101 cm³/mol. The molecular formula is C21H23F2N3O3+2. The van der Waals surface area contributed by atoms with E-state index in [1.54, 1.807) is 6.07 Å². The van der Waals surface area contributed by atoms with Crippen molar-refractivity contribution in [3.8, 4) is 5.75 Å². The number of ketones is 1. The lowest BCUT2D eigenvalue weighted by atomic mass is 10.1. The Bertz CT molecular complexity index is 958. The number of Topliss-reactive ketones (excluding diaryl/α,β-unsaturated/α-hetero) is 1. The maximum absolute atomic E-state index is 13.9. The maximum atomic E-state index is 13.9. The summed E-state index contributed by atoms with van der Waals surface area (Å²) in [6, 6.07) is 8.83. The molecule has 4 rings (SSSR count). The number of halogens is 2. The molecule has 2 N–H and O–H groups in total. The van der Waals surface area contributed by atoms with Crippen LogP contribution in [0, 0.1) is 11.6 Å². The standard InChI is InChI=1S/C21H21F2N3O3/c1-29-19-5-2-14(10-17(19)23)12-24-6-8-25(9-7-24)13-26-18-11-15(22)3-4-16(18)20(27)21(26)28/h2-5,10-11H,6-9,12-13H2,1H3/p+2. The number of piperazine rings is 1. The molecule has 1 saturated heterocycles. The first kappa shape index (κ1) is 19.5. The van der Waals surface area contributed by atoms with Crippen LogP contribution in [0.15, 0.2) is 36.4 Å². The Morgan fingerprint density at radius 3 is 2.41 bits per heavy atom. The Labute approximate surface area is 167 Å². The van der Waals surface area contributed by atoms with E-state index in [0.29, 0.717) is 18.9 Å². The van der Waals surface area contributed by atoms with Gasteiger partial charge in [0, 0.05) is 5.56 Å². The smallest absolute Gasteiger partial charge is 0.303 e. The van der Waals surface area contributed by atoms with E-state index in [1.165, 1.54) is 41.2 Å². The van der Waals surface area contributed by atoms with Crippen molar-refractivity contribution < 1.29 is 32.9 Å². The van der Waals surface area contributed by atoms with Crippen molar-refractivity contribution >= 4 is 17.4 Å². The Morgan fingerprint density at radius 1 is 1.00 bits per heavy atom. The van der Waals surface area contributed by atoms with Gasteiger partial charge in [-0.2, -0.15) is 0 Å². The van der Waals surface area contributed by atoms with Gasteiger partial charge in [0.1, 0.15) is 38.5 Å². The van der Waals surface area contributed by atoms with E-state index in [-0.39, 0.29) is 17.1 Å². The minimum absolute atomic E-state index is 0.236. The van der Waals surface area contributed by atoms with Crippen molar-refractivity contribution in [2.75, 3.05) is 44.9 Å². The minimum atomic E-state index is -0.596. The van der Waals surface area contributed by atoms with Crippen molar-refractivity contribution in [1.29, 1.82) is 0 Å². The molecule has 2 aromatic rings. The number of carbonyl (C=O) groups is 2. The summed E-state index contributed by atoms with van der Waals surface area (Å²) in [5.41, 5.74) is 1.53. The van der Waals surface area contributed by atoms with Gasteiger partial charge in [-0.05, 0) is 36.4 Å². The van der Waals surface area contributed by atoms with Crippen LogP contribution >= 0.6 is 0 Å². The highest BCUT2D eigenvalue weighted by molar-refractivity contribution is 6.52. The molecule has 0 unspecified atom stereocenters. The number of nitrogens with zero attached hydrogens (tertiary/aromatic N) is 1. The molecule has 1 fully saturated rings. The number of hydrogen-bond acceptors (Lipinski definition) is 3. The molecule has 2 heterocycles. The van der Waals surface area contributed by atoms with Gasteiger partial charge in [0.15, 0.2) is 18.2 Å². The van der Waals surface area contributed by atoms with Crippen LogP contribution in [0.2, 0.25) is 0 Å². The van der Waals surface area contributed by atoms with Gasteiger partial charge in [0.2, 0.25) is 0 Å². The number of amides is 1. The van der Waals surface area contributed by atoms with E-state index in [4.69, 9.17) is 4.74 Å². The molecule has 152 valence electrons. The third-order valence-corrected chi connectivity index (χ3v) is 5.65. The third kappa shape index (κ3) is 3.86. The van der Waals surface area contributed by atoms with E-state index in [1.807, 2.05) is 6.07 Å². The van der Waals surface area contributed by atoms with Gasteiger partial charge < -0.3 is 14.5 Å². The van der Waals surface area contributed by atoms with Crippen LogP contribution in [0.5, 0.6) is 5.75 Å². The minimum Gasteiger partial charge on any atom is -0.494 e. The summed E-state index contributed by atoms with van der Waals surface area (Å²) in [6.07, 6.45) is 0. The molecule has 2 aliphatic rings. The average molecular weight is 403 g/mol. The van der Waals surface area contributed by atoms with Gasteiger partial charge in [0.25, 0.3) is 5.78 Å². The first-order chi connectivity index (χ1) is 14.0. The lowest BCUT2D eigenvalue weighted by Gasteiger charge is -2.31. The summed E-state index contributed by atoms with van der Waals surface area (Å²) in [4.78, 5) is 28.3. The van der Waals surface area contributed by atoms with E-state index in [0.717, 1.165) is 36.6 Å². The fraction of sp³-hybridized carbons (Fsp3) is 0.333. The first-order valence-corrected chi connectivity index (χ1v) is 9.61. The summed E-state index contributed by atoms with van der Waals surface area (Å²) >= 11 is 0. The monoisotopic (exact) mass is 403 g/mol. The molecular weight excluding hydrogens is 380 g/mol. The molecule has 29 heavy (non-hydrogen) atoms. The number of quaternary nitrogens is 2. The molecule has 2 aliphatic heterocycles. The van der Waals surface area contributed by atoms with Gasteiger partial charge in [-0.1, -0.05) is 0 Å². The van der Waals surface area contributed by atoms with Gasteiger partial charge in [-0.3, -0.25) is 14.5 Å². The number of hydrogen-bond donors (Lipinski definition) is 2. The zero-order valence-electron chi connectivity index (χ0n) is 16.1. The number of anilines is 1. The molecule has 0 aliphatic carbocycles. The largest absolute Gasteiger partial charge is 0.494 e. The summed E-state index contributed by atoms with van der Waals surface area (Å²) in [5.74, 6) is -1.77. The Kier molecular flexibility index (Phi) is 5.29. The SMILES string of the molecule is COc1ccc(C[NH+]2CC[NH+](CN3C(=O)C(=O)c4ccc(F)cc43)CC2)cc1F. The number of carbonyl (C=O) groups excluding carboxylic acids is 2. The highest BCUT2D eigenvalue weighted by Gasteiger charge is 2.39. The number of rotatable bonds is 5.